The molecule has 1 aromatic heterocycles. The maximum absolute atomic E-state index is 13.7. The number of aryl methyl sites for hydroxylation is 2. The molecule has 33 heavy (non-hydrogen) atoms. The summed E-state index contributed by atoms with van der Waals surface area (Å²) in [5.41, 5.74) is 2.03. The highest BCUT2D eigenvalue weighted by Gasteiger charge is 2.32. The molecule has 3 aromatic rings. The zero-order chi connectivity index (χ0) is 24.2. The normalized spacial score (nSPS) is 11.2. The van der Waals surface area contributed by atoms with E-state index in [-0.39, 0.29) is 11.4 Å². The maximum Gasteiger partial charge on any atom is 0.268 e. The average molecular weight is 473 g/mol. The van der Waals surface area contributed by atoms with Gasteiger partial charge in [-0.3, -0.25) is 13.8 Å². The number of aromatic nitrogens is 2. The minimum Gasteiger partial charge on any atom is -0.497 e. The fraction of sp³-hybridized carbons (Fsp3) is 0.304. The lowest BCUT2D eigenvalue weighted by Gasteiger charge is -2.24. The molecule has 176 valence electrons. The summed E-state index contributed by atoms with van der Waals surface area (Å²) in [5.74, 6) is 0.801. The van der Waals surface area contributed by atoms with Crippen molar-refractivity contribution in [3.05, 3.63) is 65.5 Å². The van der Waals surface area contributed by atoms with Crippen molar-refractivity contribution in [2.75, 3.05) is 25.1 Å². The summed E-state index contributed by atoms with van der Waals surface area (Å²) in [6.07, 6.45) is 0. The van der Waals surface area contributed by atoms with Gasteiger partial charge in [0.2, 0.25) is 5.91 Å². The number of hydrogen-bond acceptors (Lipinski definition) is 6. The van der Waals surface area contributed by atoms with E-state index in [9.17, 15) is 13.2 Å². The number of nitrogens with one attached hydrogen (secondary N) is 1. The Morgan fingerprint density at radius 1 is 1.06 bits per heavy atom. The Kier molecular flexibility index (Phi) is 7.27. The molecule has 0 saturated carbocycles. The summed E-state index contributed by atoms with van der Waals surface area (Å²) in [6.45, 7) is 3.15. The number of ether oxygens (including phenoxy) is 2. The summed E-state index contributed by atoms with van der Waals surface area (Å²) >= 11 is 0. The molecule has 1 heterocycles. The van der Waals surface area contributed by atoms with Crippen molar-refractivity contribution in [2.45, 2.75) is 25.3 Å². The maximum atomic E-state index is 13.7. The summed E-state index contributed by atoms with van der Waals surface area (Å²) in [5, 5.41) is 7.02. The van der Waals surface area contributed by atoms with E-state index in [1.807, 2.05) is 18.2 Å². The van der Waals surface area contributed by atoms with Gasteiger partial charge in [-0.1, -0.05) is 12.1 Å². The molecule has 0 saturated heterocycles. The predicted octanol–water partition coefficient (Wildman–Crippen LogP) is 2.57. The lowest BCUT2D eigenvalue weighted by Crippen LogP contribution is -2.41. The van der Waals surface area contributed by atoms with Crippen molar-refractivity contribution in [1.29, 1.82) is 0 Å². The molecule has 0 atom stereocenters. The van der Waals surface area contributed by atoms with Crippen LogP contribution in [0.3, 0.4) is 0 Å². The molecule has 10 heteroatoms. The molecule has 0 spiro atoms. The molecule has 2 aromatic carbocycles. The van der Waals surface area contributed by atoms with Gasteiger partial charge in [0.1, 0.15) is 22.9 Å². The standard InChI is InChI=1S/C23H28N4O5S/c1-16-23(17(2)26(3)25-16)33(29,30)27(19-9-11-20(31-4)12-10-19)15-22(28)24-14-18-7-6-8-21(13-18)32-5/h6-13H,14-15H2,1-5H3,(H,24,28). The number of hydrogen-bond donors (Lipinski definition) is 1. The number of methoxy groups -OCH3 is 2. The first-order valence-corrected chi connectivity index (χ1v) is 11.7. The highest BCUT2D eigenvalue weighted by molar-refractivity contribution is 7.93. The van der Waals surface area contributed by atoms with E-state index in [2.05, 4.69) is 10.4 Å². The number of amides is 1. The number of rotatable bonds is 9. The lowest BCUT2D eigenvalue weighted by atomic mass is 10.2. The number of carbonyl (C=O) groups is 1. The number of carbonyl (C=O) groups excluding carboxylic acids is 1. The Balaban J connectivity index is 1.90. The van der Waals surface area contributed by atoms with Gasteiger partial charge in [-0.2, -0.15) is 5.10 Å². The van der Waals surface area contributed by atoms with Crippen molar-refractivity contribution in [3.8, 4) is 11.5 Å². The van der Waals surface area contributed by atoms with Crippen LogP contribution >= 0.6 is 0 Å². The van der Waals surface area contributed by atoms with Gasteiger partial charge in [-0.05, 0) is 55.8 Å². The number of sulfonamides is 1. The van der Waals surface area contributed by atoms with Gasteiger partial charge in [0.25, 0.3) is 10.0 Å². The van der Waals surface area contributed by atoms with Crippen LogP contribution < -0.4 is 19.1 Å². The number of anilines is 1. The average Bonchev–Trinajstić information content (AvgIpc) is 3.07. The molecule has 0 aliphatic heterocycles. The second-order valence-electron chi connectivity index (χ2n) is 7.46. The molecule has 0 unspecified atom stereocenters. The van der Waals surface area contributed by atoms with Gasteiger partial charge in [0.05, 0.1) is 31.3 Å². The first-order valence-electron chi connectivity index (χ1n) is 10.2. The third kappa shape index (κ3) is 5.28. The van der Waals surface area contributed by atoms with Gasteiger partial charge < -0.3 is 14.8 Å². The second-order valence-corrected chi connectivity index (χ2v) is 9.26. The van der Waals surface area contributed by atoms with Crippen LogP contribution in [0.4, 0.5) is 5.69 Å². The van der Waals surface area contributed by atoms with E-state index in [4.69, 9.17) is 9.47 Å². The van der Waals surface area contributed by atoms with E-state index in [0.717, 1.165) is 9.87 Å². The highest BCUT2D eigenvalue weighted by atomic mass is 32.2. The third-order valence-electron chi connectivity index (χ3n) is 5.26. The molecule has 0 aliphatic rings. The lowest BCUT2D eigenvalue weighted by molar-refractivity contribution is -0.119. The summed E-state index contributed by atoms with van der Waals surface area (Å²) in [7, 11) is 0.699. The van der Waals surface area contributed by atoms with Crippen LogP contribution in [0, 0.1) is 13.8 Å². The van der Waals surface area contributed by atoms with Gasteiger partial charge in [0, 0.05) is 13.6 Å². The van der Waals surface area contributed by atoms with Crippen molar-refractivity contribution in [3.63, 3.8) is 0 Å². The SMILES string of the molecule is COc1ccc(N(CC(=O)NCc2cccc(OC)c2)S(=O)(=O)c2c(C)nn(C)c2C)cc1. The smallest absolute Gasteiger partial charge is 0.268 e. The third-order valence-corrected chi connectivity index (χ3v) is 7.29. The highest BCUT2D eigenvalue weighted by Crippen LogP contribution is 2.29. The first kappa shape index (κ1) is 24.1. The van der Waals surface area contributed by atoms with E-state index in [1.165, 1.54) is 11.8 Å². The monoisotopic (exact) mass is 472 g/mol. The Bertz CT molecular complexity index is 1240. The Labute approximate surface area is 194 Å². The molecule has 0 bridgehead atoms. The predicted molar refractivity (Wildman–Crippen MR) is 125 cm³/mol. The van der Waals surface area contributed by atoms with Crippen LogP contribution in [0.15, 0.2) is 53.4 Å². The zero-order valence-electron chi connectivity index (χ0n) is 19.3. The Morgan fingerprint density at radius 2 is 1.73 bits per heavy atom. The summed E-state index contributed by atoms with van der Waals surface area (Å²) in [4.78, 5) is 12.9. The largest absolute Gasteiger partial charge is 0.497 e. The minimum atomic E-state index is -4.07. The van der Waals surface area contributed by atoms with E-state index >= 15 is 0 Å². The molecule has 1 amide bonds. The first-order chi connectivity index (χ1) is 15.7. The minimum absolute atomic E-state index is 0.0846. The van der Waals surface area contributed by atoms with Crippen LogP contribution in [-0.2, 0) is 28.4 Å². The second kappa shape index (κ2) is 9.95. The molecule has 0 fully saturated rings. The Hall–Kier alpha value is -3.53. The number of benzene rings is 2. The summed E-state index contributed by atoms with van der Waals surface area (Å²) < 4.78 is 40.3. The Morgan fingerprint density at radius 3 is 2.30 bits per heavy atom. The fourth-order valence-electron chi connectivity index (χ4n) is 3.47. The van der Waals surface area contributed by atoms with Crippen LogP contribution in [-0.4, -0.2) is 44.9 Å². The van der Waals surface area contributed by atoms with Gasteiger partial charge in [-0.15, -0.1) is 0 Å². The van der Waals surface area contributed by atoms with E-state index < -0.39 is 22.5 Å². The molecule has 1 N–H and O–H groups in total. The van der Waals surface area contributed by atoms with Crippen LogP contribution in [0.1, 0.15) is 17.0 Å². The molecule has 9 nitrogen and oxygen atoms in total. The van der Waals surface area contributed by atoms with Crippen molar-refractivity contribution in [1.82, 2.24) is 15.1 Å². The van der Waals surface area contributed by atoms with Crippen molar-refractivity contribution < 1.29 is 22.7 Å². The summed E-state index contributed by atoms with van der Waals surface area (Å²) in [6, 6.07) is 13.8. The van der Waals surface area contributed by atoms with Crippen molar-refractivity contribution in [2.24, 2.45) is 7.05 Å². The quantitative estimate of drug-likeness (QED) is 0.514. The van der Waals surface area contributed by atoms with Gasteiger partial charge in [0.15, 0.2) is 0 Å². The molecular formula is C23H28N4O5S. The van der Waals surface area contributed by atoms with Crippen LogP contribution in [0.5, 0.6) is 11.5 Å². The van der Waals surface area contributed by atoms with E-state index in [0.29, 0.717) is 28.6 Å². The van der Waals surface area contributed by atoms with Gasteiger partial charge >= 0.3 is 0 Å². The molecular weight excluding hydrogens is 444 g/mol. The molecule has 0 aliphatic carbocycles. The fourth-order valence-corrected chi connectivity index (χ4v) is 5.30. The van der Waals surface area contributed by atoms with Gasteiger partial charge in [-0.25, -0.2) is 8.42 Å². The van der Waals surface area contributed by atoms with Crippen molar-refractivity contribution >= 4 is 21.6 Å². The number of nitrogens with zero attached hydrogens (tertiary/aromatic N) is 3. The van der Waals surface area contributed by atoms with E-state index in [1.54, 1.807) is 58.3 Å². The molecule has 0 radical (unpaired) electrons. The van der Waals surface area contributed by atoms with Crippen LogP contribution in [0.2, 0.25) is 0 Å². The van der Waals surface area contributed by atoms with Crippen LogP contribution in [0.25, 0.3) is 0 Å². The zero-order valence-corrected chi connectivity index (χ0v) is 20.1. The topological polar surface area (TPSA) is 103 Å². The molecule has 3 rings (SSSR count).